The van der Waals surface area contributed by atoms with Gasteiger partial charge < -0.3 is 4.42 Å². The van der Waals surface area contributed by atoms with Gasteiger partial charge in [0.15, 0.2) is 0 Å². The summed E-state index contributed by atoms with van der Waals surface area (Å²) in [6, 6.07) is 3.62. The van der Waals surface area contributed by atoms with Crippen LogP contribution in [0.1, 0.15) is 5.76 Å². The lowest BCUT2D eigenvalue weighted by atomic mass is 10.5. The zero-order valence-electron chi connectivity index (χ0n) is 3.63. The van der Waals surface area contributed by atoms with E-state index in [2.05, 4.69) is 12.2 Å². The molecule has 0 aliphatic heterocycles. The Morgan fingerprint density at radius 2 is 2.57 bits per heavy atom. The maximum absolute atomic E-state index is 4.82. The van der Waals surface area contributed by atoms with Crippen molar-refractivity contribution in [1.29, 1.82) is 0 Å². The Bertz CT molecular complexity index is 143. The smallest absolute Gasteiger partial charge is 0.137 e. The topological polar surface area (TPSA) is 13.1 Å². The summed E-state index contributed by atoms with van der Waals surface area (Å²) < 4.78 is 4.82. The van der Waals surface area contributed by atoms with Crippen LogP contribution < -0.4 is 0 Å². The molecule has 1 nitrogen and oxygen atoms in total. The Balaban J connectivity index is 2.96. The first-order valence-electron chi connectivity index (χ1n) is 1.92. The molecule has 0 aliphatic rings. The Hall–Kier alpha value is -0.630. The molecule has 1 aromatic rings. The SMILES string of the molecule is S=Cc1ccco1. The number of furan rings is 1. The summed E-state index contributed by atoms with van der Waals surface area (Å²) in [5.74, 6) is 0.745. The van der Waals surface area contributed by atoms with E-state index >= 15 is 0 Å². The minimum atomic E-state index is 0.745. The van der Waals surface area contributed by atoms with Gasteiger partial charge in [0.25, 0.3) is 0 Å². The molecule has 1 heterocycles. The van der Waals surface area contributed by atoms with E-state index in [9.17, 15) is 0 Å². The number of hydrogen-bond donors (Lipinski definition) is 0. The van der Waals surface area contributed by atoms with Gasteiger partial charge >= 0.3 is 0 Å². The number of thiocarbonyl (C=S) groups is 1. The van der Waals surface area contributed by atoms with Crippen LogP contribution in [-0.2, 0) is 0 Å². The molecule has 1 aromatic heterocycles. The van der Waals surface area contributed by atoms with Crippen molar-refractivity contribution in [3.05, 3.63) is 24.2 Å². The van der Waals surface area contributed by atoms with Gasteiger partial charge in [0, 0.05) is 5.37 Å². The van der Waals surface area contributed by atoms with E-state index in [1.54, 1.807) is 12.3 Å². The van der Waals surface area contributed by atoms with E-state index in [0.29, 0.717) is 0 Å². The average Bonchev–Trinajstić information content (AvgIpc) is 2.14. The first-order chi connectivity index (χ1) is 3.43. The van der Waals surface area contributed by atoms with Crippen LogP contribution in [-0.4, -0.2) is 5.37 Å². The van der Waals surface area contributed by atoms with Gasteiger partial charge in [-0.15, -0.1) is 0 Å². The van der Waals surface area contributed by atoms with E-state index < -0.39 is 0 Å². The van der Waals surface area contributed by atoms with Crippen molar-refractivity contribution in [2.75, 3.05) is 0 Å². The molecule has 36 valence electrons. The normalized spacial score (nSPS) is 8.57. The highest BCUT2D eigenvalue weighted by Crippen LogP contribution is 1.93. The van der Waals surface area contributed by atoms with Crippen LogP contribution in [0.15, 0.2) is 22.8 Å². The number of rotatable bonds is 1. The second-order valence-electron chi connectivity index (χ2n) is 1.13. The van der Waals surface area contributed by atoms with Crippen molar-refractivity contribution in [2.45, 2.75) is 0 Å². The fourth-order valence-electron chi connectivity index (χ4n) is 0.358. The quantitative estimate of drug-likeness (QED) is 0.512. The van der Waals surface area contributed by atoms with Crippen LogP contribution >= 0.6 is 12.2 Å². The fourth-order valence-corrected chi connectivity index (χ4v) is 0.492. The van der Waals surface area contributed by atoms with Gasteiger partial charge in [-0.05, 0) is 12.1 Å². The van der Waals surface area contributed by atoms with Gasteiger partial charge in [-0.3, -0.25) is 0 Å². The van der Waals surface area contributed by atoms with Crippen LogP contribution in [0.5, 0.6) is 0 Å². The van der Waals surface area contributed by atoms with Crippen LogP contribution in [0, 0.1) is 0 Å². The monoisotopic (exact) mass is 112 g/mol. The average molecular weight is 112 g/mol. The maximum Gasteiger partial charge on any atom is 0.137 e. The van der Waals surface area contributed by atoms with Gasteiger partial charge in [0.05, 0.1) is 6.26 Å². The highest BCUT2D eigenvalue weighted by atomic mass is 32.1. The lowest BCUT2D eigenvalue weighted by Crippen LogP contribution is -1.62. The van der Waals surface area contributed by atoms with Crippen LogP contribution in [0.3, 0.4) is 0 Å². The second kappa shape index (κ2) is 1.89. The van der Waals surface area contributed by atoms with Crippen molar-refractivity contribution in [2.24, 2.45) is 0 Å². The van der Waals surface area contributed by atoms with Crippen molar-refractivity contribution in [3.8, 4) is 0 Å². The molecule has 0 N–H and O–H groups in total. The maximum atomic E-state index is 4.82. The summed E-state index contributed by atoms with van der Waals surface area (Å²) >= 11 is 4.55. The predicted octanol–water partition coefficient (Wildman–Crippen LogP) is 1.63. The molecule has 0 amide bonds. The molecule has 0 fully saturated rings. The predicted molar refractivity (Wildman–Crippen MR) is 31.5 cm³/mol. The molecule has 0 spiro atoms. The van der Waals surface area contributed by atoms with Crippen molar-refractivity contribution in [1.82, 2.24) is 0 Å². The minimum absolute atomic E-state index is 0.745. The number of hydrogen-bond acceptors (Lipinski definition) is 2. The summed E-state index contributed by atoms with van der Waals surface area (Å²) in [6.07, 6.45) is 1.60. The van der Waals surface area contributed by atoms with E-state index in [-0.39, 0.29) is 0 Å². The summed E-state index contributed by atoms with van der Waals surface area (Å²) in [4.78, 5) is 0. The lowest BCUT2D eigenvalue weighted by molar-refractivity contribution is 0.561. The first-order valence-corrected chi connectivity index (χ1v) is 2.39. The summed E-state index contributed by atoms with van der Waals surface area (Å²) in [5.41, 5.74) is 0. The Morgan fingerprint density at radius 3 is 2.86 bits per heavy atom. The van der Waals surface area contributed by atoms with Gasteiger partial charge in [-0.1, -0.05) is 12.2 Å². The Morgan fingerprint density at radius 1 is 1.71 bits per heavy atom. The summed E-state index contributed by atoms with van der Waals surface area (Å²) in [6.45, 7) is 0. The third-order valence-corrected chi connectivity index (χ3v) is 0.892. The van der Waals surface area contributed by atoms with Crippen molar-refractivity contribution in [3.63, 3.8) is 0 Å². The Labute approximate surface area is 46.9 Å². The zero-order valence-corrected chi connectivity index (χ0v) is 4.44. The molecule has 0 aliphatic carbocycles. The van der Waals surface area contributed by atoms with Crippen molar-refractivity contribution < 1.29 is 4.42 Å². The van der Waals surface area contributed by atoms with Crippen LogP contribution in [0.25, 0.3) is 0 Å². The largest absolute Gasteiger partial charge is 0.464 e. The second-order valence-corrected chi connectivity index (χ2v) is 1.37. The summed E-state index contributed by atoms with van der Waals surface area (Å²) in [5, 5.41) is 1.50. The lowest BCUT2D eigenvalue weighted by Gasteiger charge is -1.71. The molecule has 0 saturated heterocycles. The molecule has 0 bridgehead atoms. The third kappa shape index (κ3) is 0.871. The zero-order chi connectivity index (χ0) is 5.11. The van der Waals surface area contributed by atoms with E-state index in [4.69, 9.17) is 4.42 Å². The van der Waals surface area contributed by atoms with Gasteiger partial charge in [0.1, 0.15) is 5.76 Å². The fraction of sp³-hybridized carbons (Fsp3) is 0. The molecular formula is C5H4OS. The highest BCUT2D eigenvalue weighted by Gasteiger charge is 1.81. The van der Waals surface area contributed by atoms with E-state index in [1.807, 2.05) is 6.07 Å². The Kier molecular flexibility index (Phi) is 1.22. The molecule has 7 heavy (non-hydrogen) atoms. The molecule has 0 unspecified atom stereocenters. The molecule has 0 radical (unpaired) electrons. The molecule has 0 saturated carbocycles. The first kappa shape index (κ1) is 4.53. The summed E-state index contributed by atoms with van der Waals surface area (Å²) in [7, 11) is 0. The molecule has 0 atom stereocenters. The van der Waals surface area contributed by atoms with E-state index in [1.165, 1.54) is 5.37 Å². The van der Waals surface area contributed by atoms with Crippen LogP contribution in [0.2, 0.25) is 0 Å². The molecule has 0 aromatic carbocycles. The highest BCUT2D eigenvalue weighted by molar-refractivity contribution is 7.79. The van der Waals surface area contributed by atoms with Gasteiger partial charge in [-0.25, -0.2) is 0 Å². The van der Waals surface area contributed by atoms with Gasteiger partial charge in [-0.2, -0.15) is 0 Å². The van der Waals surface area contributed by atoms with Crippen LogP contribution in [0.4, 0.5) is 0 Å². The minimum Gasteiger partial charge on any atom is -0.464 e. The third-order valence-electron chi connectivity index (χ3n) is 0.659. The molecule has 1 rings (SSSR count). The van der Waals surface area contributed by atoms with Gasteiger partial charge in [0.2, 0.25) is 0 Å². The van der Waals surface area contributed by atoms with E-state index in [0.717, 1.165) is 5.76 Å². The molecular weight excluding hydrogens is 108 g/mol. The molecule has 2 heteroatoms. The standard InChI is InChI=1S/C5H4OS/c7-4-5-2-1-3-6-5/h1-4H. The van der Waals surface area contributed by atoms with Crippen molar-refractivity contribution >= 4 is 17.6 Å².